The molecule has 0 amide bonds. The predicted octanol–water partition coefficient (Wildman–Crippen LogP) is 2.76. The summed E-state index contributed by atoms with van der Waals surface area (Å²) in [6.07, 6.45) is 2.29. The van der Waals surface area contributed by atoms with Crippen molar-refractivity contribution >= 4 is 28.7 Å². The zero-order valence-electron chi connectivity index (χ0n) is 7.35. The van der Waals surface area contributed by atoms with Gasteiger partial charge in [-0.05, 0) is 12.8 Å². The summed E-state index contributed by atoms with van der Waals surface area (Å²) in [7, 11) is 0. The minimum Gasteiger partial charge on any atom is -0.434 e. The summed E-state index contributed by atoms with van der Waals surface area (Å²) in [4.78, 5) is 10.7. The summed E-state index contributed by atoms with van der Waals surface area (Å²) in [6, 6.07) is 0. The number of alkyl halides is 1. The van der Waals surface area contributed by atoms with Crippen molar-refractivity contribution in [3.05, 3.63) is 0 Å². The fraction of sp³-hybridized carbons (Fsp3) is 0.875. The summed E-state index contributed by atoms with van der Waals surface area (Å²) in [5, 5.41) is 0. The number of hydrogen-bond acceptors (Lipinski definition) is 3. The summed E-state index contributed by atoms with van der Waals surface area (Å²) in [5.41, 5.74) is 0. The second-order valence-corrected chi connectivity index (χ2v) is 3.42. The van der Waals surface area contributed by atoms with Crippen LogP contribution in [0.5, 0.6) is 0 Å². The van der Waals surface area contributed by atoms with Crippen molar-refractivity contribution in [2.24, 2.45) is 0 Å². The van der Waals surface area contributed by atoms with Gasteiger partial charge in [-0.25, -0.2) is 4.79 Å². The van der Waals surface area contributed by atoms with Crippen LogP contribution in [0.4, 0.5) is 4.79 Å². The van der Waals surface area contributed by atoms with Crippen molar-refractivity contribution in [3.63, 3.8) is 0 Å². The lowest BCUT2D eigenvalue weighted by molar-refractivity contribution is 0.0548. The molecule has 0 N–H and O–H groups in total. The van der Waals surface area contributed by atoms with E-state index in [-0.39, 0.29) is 0 Å². The van der Waals surface area contributed by atoms with Crippen LogP contribution in [-0.2, 0) is 9.47 Å². The van der Waals surface area contributed by atoms with Crippen molar-refractivity contribution in [2.45, 2.75) is 26.2 Å². The van der Waals surface area contributed by atoms with E-state index in [9.17, 15) is 4.79 Å². The van der Waals surface area contributed by atoms with Gasteiger partial charge in [-0.2, -0.15) is 0 Å². The first-order valence-corrected chi connectivity index (χ1v) is 5.69. The molecule has 0 saturated carbocycles. The highest BCUT2D eigenvalue weighted by molar-refractivity contribution is 14.1. The number of ether oxygens (including phenoxy) is 2. The van der Waals surface area contributed by atoms with Crippen molar-refractivity contribution in [2.75, 3.05) is 17.6 Å². The molecule has 0 aromatic heterocycles. The molecule has 0 aliphatic carbocycles. The highest BCUT2D eigenvalue weighted by Crippen LogP contribution is 1.94. The molecule has 0 aromatic rings. The van der Waals surface area contributed by atoms with Gasteiger partial charge < -0.3 is 9.47 Å². The molecule has 4 heteroatoms. The molecule has 0 unspecified atom stereocenters. The van der Waals surface area contributed by atoms with Crippen LogP contribution in [0.15, 0.2) is 0 Å². The van der Waals surface area contributed by atoms with Gasteiger partial charge in [-0.1, -0.05) is 35.9 Å². The topological polar surface area (TPSA) is 35.5 Å². The normalized spacial score (nSPS) is 9.50. The summed E-state index contributed by atoms with van der Waals surface area (Å²) < 4.78 is 10.5. The molecule has 0 fully saturated rings. The zero-order chi connectivity index (χ0) is 9.23. The molecule has 0 saturated heterocycles. The van der Waals surface area contributed by atoms with Crippen molar-refractivity contribution in [1.29, 1.82) is 0 Å². The molecule has 0 bridgehead atoms. The Morgan fingerprint density at radius 2 is 1.83 bits per heavy atom. The monoisotopic (exact) mass is 286 g/mol. The maximum absolute atomic E-state index is 10.7. The molecular formula is C8H15IO3. The van der Waals surface area contributed by atoms with E-state index in [0.717, 1.165) is 23.7 Å². The number of hydrogen-bond donors (Lipinski definition) is 0. The third-order valence-electron chi connectivity index (χ3n) is 1.22. The maximum atomic E-state index is 10.7. The maximum Gasteiger partial charge on any atom is 0.508 e. The molecule has 0 spiro atoms. The van der Waals surface area contributed by atoms with Crippen LogP contribution in [0.1, 0.15) is 26.2 Å². The Labute approximate surface area is 86.9 Å². The Balaban J connectivity index is 3.10. The van der Waals surface area contributed by atoms with E-state index in [1.54, 1.807) is 0 Å². The smallest absolute Gasteiger partial charge is 0.434 e. The van der Waals surface area contributed by atoms with Crippen molar-refractivity contribution < 1.29 is 14.3 Å². The Bertz CT molecular complexity index is 105. The van der Waals surface area contributed by atoms with Crippen LogP contribution in [0.3, 0.4) is 0 Å². The van der Waals surface area contributed by atoms with Gasteiger partial charge in [0.2, 0.25) is 0 Å². The third-order valence-corrected chi connectivity index (χ3v) is 1.98. The molecule has 72 valence electrons. The first-order valence-electron chi connectivity index (χ1n) is 4.16. The number of carbonyl (C=O) groups excluding carboxylic acids is 1. The standard InChI is InChI=1S/C8H15IO3/c1-2-3-6-11-8(10)12-7-4-5-9/h2-7H2,1H3. The van der Waals surface area contributed by atoms with E-state index >= 15 is 0 Å². The average Bonchev–Trinajstić information content (AvgIpc) is 2.06. The van der Waals surface area contributed by atoms with Crippen LogP contribution in [0, 0.1) is 0 Å². The van der Waals surface area contributed by atoms with E-state index in [1.165, 1.54) is 0 Å². The van der Waals surface area contributed by atoms with E-state index in [0.29, 0.717) is 13.2 Å². The summed E-state index contributed by atoms with van der Waals surface area (Å²) >= 11 is 2.24. The molecule has 0 aromatic carbocycles. The average molecular weight is 286 g/mol. The molecule has 0 rings (SSSR count). The molecule has 0 heterocycles. The van der Waals surface area contributed by atoms with Gasteiger partial charge in [0.1, 0.15) is 0 Å². The first kappa shape index (κ1) is 12.0. The summed E-state index contributed by atoms with van der Waals surface area (Å²) in [5.74, 6) is 0. The van der Waals surface area contributed by atoms with Crippen LogP contribution in [0.2, 0.25) is 0 Å². The lowest BCUT2D eigenvalue weighted by Crippen LogP contribution is -2.09. The number of unbranched alkanes of at least 4 members (excludes halogenated alkanes) is 1. The Morgan fingerprint density at radius 1 is 1.25 bits per heavy atom. The molecule has 0 aliphatic rings. The van der Waals surface area contributed by atoms with Crippen LogP contribution < -0.4 is 0 Å². The minimum absolute atomic E-state index is 0.466. The molecule has 3 nitrogen and oxygen atoms in total. The largest absolute Gasteiger partial charge is 0.508 e. The SMILES string of the molecule is CCCCOC(=O)OCCCI. The molecule has 0 aliphatic heterocycles. The molecule has 0 atom stereocenters. The van der Waals surface area contributed by atoms with E-state index < -0.39 is 6.16 Å². The lowest BCUT2D eigenvalue weighted by Gasteiger charge is -2.03. The van der Waals surface area contributed by atoms with Gasteiger partial charge in [0.25, 0.3) is 0 Å². The number of rotatable bonds is 6. The van der Waals surface area contributed by atoms with E-state index in [2.05, 4.69) is 22.6 Å². The second-order valence-electron chi connectivity index (χ2n) is 2.34. The third kappa shape index (κ3) is 8.10. The van der Waals surface area contributed by atoms with Gasteiger partial charge in [0, 0.05) is 4.43 Å². The molecular weight excluding hydrogens is 271 g/mol. The minimum atomic E-state index is -0.534. The number of carbonyl (C=O) groups is 1. The second kappa shape index (κ2) is 9.09. The predicted molar refractivity (Wildman–Crippen MR) is 55.7 cm³/mol. The van der Waals surface area contributed by atoms with Gasteiger partial charge in [0.15, 0.2) is 0 Å². The van der Waals surface area contributed by atoms with E-state index in [4.69, 9.17) is 9.47 Å². The first-order chi connectivity index (χ1) is 5.81. The summed E-state index contributed by atoms with van der Waals surface area (Å²) in [6.45, 7) is 2.98. The van der Waals surface area contributed by atoms with Crippen LogP contribution in [0.25, 0.3) is 0 Å². The van der Waals surface area contributed by atoms with E-state index in [1.807, 2.05) is 6.92 Å². The van der Waals surface area contributed by atoms with Crippen molar-refractivity contribution in [3.8, 4) is 0 Å². The lowest BCUT2D eigenvalue weighted by atomic mass is 10.4. The Morgan fingerprint density at radius 3 is 2.33 bits per heavy atom. The molecule has 0 radical (unpaired) electrons. The van der Waals surface area contributed by atoms with Crippen LogP contribution in [-0.4, -0.2) is 23.8 Å². The van der Waals surface area contributed by atoms with Gasteiger partial charge >= 0.3 is 6.16 Å². The van der Waals surface area contributed by atoms with Crippen molar-refractivity contribution in [1.82, 2.24) is 0 Å². The van der Waals surface area contributed by atoms with Gasteiger partial charge in [-0.3, -0.25) is 0 Å². The quantitative estimate of drug-likeness (QED) is 0.326. The Kier molecular flexibility index (Phi) is 9.09. The number of halogens is 1. The Hall–Kier alpha value is 0. The van der Waals surface area contributed by atoms with Crippen LogP contribution >= 0.6 is 22.6 Å². The fourth-order valence-corrected chi connectivity index (χ4v) is 0.863. The fourth-order valence-electron chi connectivity index (χ4n) is 0.552. The zero-order valence-corrected chi connectivity index (χ0v) is 9.50. The molecule has 12 heavy (non-hydrogen) atoms. The van der Waals surface area contributed by atoms with Gasteiger partial charge in [0.05, 0.1) is 13.2 Å². The highest BCUT2D eigenvalue weighted by Gasteiger charge is 2.01. The highest BCUT2D eigenvalue weighted by atomic mass is 127. The van der Waals surface area contributed by atoms with Gasteiger partial charge in [-0.15, -0.1) is 0 Å².